The first-order valence-electron chi connectivity index (χ1n) is 7.39. The van der Waals surface area contributed by atoms with E-state index < -0.39 is 22.6 Å². The molecule has 1 unspecified atom stereocenters. The van der Waals surface area contributed by atoms with Gasteiger partial charge in [-0.2, -0.15) is 18.4 Å². The maximum atomic E-state index is 13.4. The third-order valence-electron chi connectivity index (χ3n) is 3.26. The summed E-state index contributed by atoms with van der Waals surface area (Å²) in [5, 5.41) is 12.7. The van der Waals surface area contributed by atoms with Crippen molar-refractivity contribution in [1.82, 2.24) is 10.3 Å². The number of amides is 1. The van der Waals surface area contributed by atoms with Crippen LogP contribution in [0.1, 0.15) is 18.1 Å². The van der Waals surface area contributed by atoms with Gasteiger partial charge in [0, 0.05) is 6.54 Å². The molecule has 9 heteroatoms. The third-order valence-corrected chi connectivity index (χ3v) is 5.23. The zero-order chi connectivity index (χ0) is 19.3. The summed E-state index contributed by atoms with van der Waals surface area (Å²) in [4.78, 5) is 16.8. The predicted molar refractivity (Wildman–Crippen MR) is 95.8 cm³/mol. The lowest BCUT2D eigenvalue weighted by Gasteiger charge is -2.16. The van der Waals surface area contributed by atoms with Gasteiger partial charge in [-0.1, -0.05) is 23.9 Å². The van der Waals surface area contributed by atoms with Gasteiger partial charge >= 0.3 is 6.18 Å². The molecule has 0 saturated carbocycles. The van der Waals surface area contributed by atoms with Crippen molar-refractivity contribution in [2.75, 3.05) is 6.54 Å². The number of nitrogens with zero attached hydrogens (tertiary/aromatic N) is 2. The quantitative estimate of drug-likeness (QED) is 0.576. The van der Waals surface area contributed by atoms with E-state index in [9.17, 15) is 23.2 Å². The number of nitriles is 1. The molecule has 2 heterocycles. The van der Waals surface area contributed by atoms with E-state index in [1.807, 2.05) is 0 Å². The molecule has 0 bridgehead atoms. The average molecular weight is 397 g/mol. The van der Waals surface area contributed by atoms with E-state index in [1.54, 1.807) is 23.6 Å². The molecule has 1 atom stereocenters. The second-order valence-corrected chi connectivity index (χ2v) is 7.39. The predicted octanol–water partition coefficient (Wildman–Crippen LogP) is 4.48. The maximum Gasteiger partial charge on any atom is 0.417 e. The van der Waals surface area contributed by atoms with E-state index in [0.717, 1.165) is 17.8 Å². The molecule has 1 amide bonds. The number of thioether (sulfide) groups is 1. The number of hydrogen-bond donors (Lipinski definition) is 1. The third kappa shape index (κ3) is 4.65. The monoisotopic (exact) mass is 397 g/mol. The molecule has 26 heavy (non-hydrogen) atoms. The average Bonchev–Trinajstić information content (AvgIpc) is 3.12. The van der Waals surface area contributed by atoms with Crippen LogP contribution in [0.2, 0.25) is 0 Å². The highest BCUT2D eigenvalue weighted by molar-refractivity contribution is 8.00. The van der Waals surface area contributed by atoms with Crippen molar-refractivity contribution in [2.45, 2.75) is 23.4 Å². The van der Waals surface area contributed by atoms with Crippen LogP contribution in [0.5, 0.6) is 0 Å². The Kier molecular flexibility index (Phi) is 6.45. The van der Waals surface area contributed by atoms with Gasteiger partial charge in [-0.15, -0.1) is 17.9 Å². The van der Waals surface area contributed by atoms with E-state index in [2.05, 4.69) is 16.9 Å². The Morgan fingerprint density at radius 2 is 2.31 bits per heavy atom. The highest BCUT2D eigenvalue weighted by Crippen LogP contribution is 2.39. The molecule has 136 valence electrons. The Labute approximate surface area is 156 Å². The van der Waals surface area contributed by atoms with Gasteiger partial charge in [-0.05, 0) is 24.4 Å². The molecule has 2 aromatic heterocycles. The van der Waals surface area contributed by atoms with Gasteiger partial charge in [0.1, 0.15) is 11.1 Å². The minimum atomic E-state index is -4.70. The number of rotatable bonds is 6. The molecular weight excluding hydrogens is 383 g/mol. The summed E-state index contributed by atoms with van der Waals surface area (Å²) < 4.78 is 40.3. The number of aromatic nitrogens is 1. The Balaban J connectivity index is 2.49. The summed E-state index contributed by atoms with van der Waals surface area (Å²) in [7, 11) is 0. The van der Waals surface area contributed by atoms with Crippen LogP contribution in [0, 0.1) is 11.3 Å². The summed E-state index contributed by atoms with van der Waals surface area (Å²) in [6, 6.07) is 5.80. The van der Waals surface area contributed by atoms with Crippen molar-refractivity contribution in [3.05, 3.63) is 47.4 Å². The molecule has 0 aliphatic carbocycles. The molecule has 0 radical (unpaired) electrons. The number of pyridine rings is 1. The Morgan fingerprint density at radius 1 is 1.58 bits per heavy atom. The zero-order valence-electron chi connectivity index (χ0n) is 13.6. The first-order valence-corrected chi connectivity index (χ1v) is 9.15. The Hall–Kier alpha value is -2.31. The van der Waals surface area contributed by atoms with E-state index in [-0.39, 0.29) is 23.2 Å². The van der Waals surface area contributed by atoms with Gasteiger partial charge in [-0.25, -0.2) is 4.98 Å². The summed E-state index contributed by atoms with van der Waals surface area (Å²) >= 11 is 2.06. The van der Waals surface area contributed by atoms with Crippen LogP contribution >= 0.6 is 23.1 Å². The van der Waals surface area contributed by atoms with Crippen molar-refractivity contribution < 1.29 is 18.0 Å². The van der Waals surface area contributed by atoms with Gasteiger partial charge in [0.05, 0.1) is 26.9 Å². The standard InChI is InChI=1S/C17H14F3N3OS2/c1-3-6-22-15(24)10(2)26-16-11(9-21)12(17(18,19)20)8-13(23-16)14-5-4-7-25-14/h3-5,7-8,10H,1,6H2,2H3,(H,22,24). The first kappa shape index (κ1) is 20.0. The Bertz CT molecular complexity index is 842. The van der Waals surface area contributed by atoms with Gasteiger partial charge in [0.2, 0.25) is 5.91 Å². The number of thiophene rings is 1. The van der Waals surface area contributed by atoms with Crippen LogP contribution in [0.15, 0.2) is 41.3 Å². The molecule has 2 rings (SSSR count). The fourth-order valence-electron chi connectivity index (χ4n) is 2.03. The van der Waals surface area contributed by atoms with Crippen LogP contribution in [0.4, 0.5) is 13.2 Å². The molecule has 0 aromatic carbocycles. The molecule has 0 aliphatic heterocycles. The van der Waals surface area contributed by atoms with Crippen molar-refractivity contribution in [3.63, 3.8) is 0 Å². The smallest absolute Gasteiger partial charge is 0.352 e. The normalized spacial score (nSPS) is 12.3. The van der Waals surface area contributed by atoms with Crippen LogP contribution < -0.4 is 5.32 Å². The summed E-state index contributed by atoms with van der Waals surface area (Å²) in [5.41, 5.74) is -1.52. The van der Waals surface area contributed by atoms with Crippen LogP contribution in [-0.4, -0.2) is 22.7 Å². The summed E-state index contributed by atoms with van der Waals surface area (Å²) in [6.45, 7) is 5.26. The van der Waals surface area contributed by atoms with E-state index in [4.69, 9.17) is 0 Å². The second-order valence-electron chi connectivity index (χ2n) is 5.12. The van der Waals surface area contributed by atoms with Crippen LogP contribution in [0.3, 0.4) is 0 Å². The first-order chi connectivity index (χ1) is 12.3. The lowest BCUT2D eigenvalue weighted by molar-refractivity contribution is -0.138. The molecule has 0 spiro atoms. The highest BCUT2D eigenvalue weighted by atomic mass is 32.2. The van der Waals surface area contributed by atoms with Gasteiger partial charge in [0.25, 0.3) is 0 Å². The molecular formula is C17H14F3N3OS2. The number of carbonyl (C=O) groups excluding carboxylic acids is 1. The minimum absolute atomic E-state index is 0.118. The number of halogens is 3. The Morgan fingerprint density at radius 3 is 2.85 bits per heavy atom. The zero-order valence-corrected chi connectivity index (χ0v) is 15.3. The largest absolute Gasteiger partial charge is 0.417 e. The van der Waals surface area contributed by atoms with Crippen LogP contribution in [0.25, 0.3) is 10.6 Å². The molecule has 0 aliphatic rings. The number of nitrogens with one attached hydrogen (secondary N) is 1. The number of alkyl halides is 3. The SMILES string of the molecule is C=CCNC(=O)C(C)Sc1nc(-c2cccs2)cc(C(F)(F)F)c1C#N. The topological polar surface area (TPSA) is 65.8 Å². The number of carbonyl (C=O) groups is 1. The summed E-state index contributed by atoms with van der Waals surface area (Å²) in [6.07, 6.45) is -3.21. The lowest BCUT2D eigenvalue weighted by Crippen LogP contribution is -2.31. The molecule has 2 aromatic rings. The van der Waals surface area contributed by atoms with Gasteiger partial charge in [0.15, 0.2) is 0 Å². The molecule has 1 N–H and O–H groups in total. The minimum Gasteiger partial charge on any atom is -0.352 e. The second kappa shape index (κ2) is 8.38. The highest BCUT2D eigenvalue weighted by Gasteiger charge is 2.36. The maximum absolute atomic E-state index is 13.4. The van der Waals surface area contributed by atoms with Crippen molar-refractivity contribution >= 4 is 29.0 Å². The number of hydrogen-bond acceptors (Lipinski definition) is 5. The fraction of sp³-hybridized carbons (Fsp3) is 0.235. The van der Waals surface area contributed by atoms with E-state index >= 15 is 0 Å². The molecule has 0 saturated heterocycles. The van der Waals surface area contributed by atoms with Crippen LogP contribution in [-0.2, 0) is 11.0 Å². The van der Waals surface area contributed by atoms with Crippen molar-refractivity contribution in [3.8, 4) is 16.6 Å². The summed E-state index contributed by atoms with van der Waals surface area (Å²) in [5.74, 6) is -0.379. The van der Waals surface area contributed by atoms with Gasteiger partial charge in [-0.3, -0.25) is 4.79 Å². The van der Waals surface area contributed by atoms with E-state index in [0.29, 0.717) is 4.88 Å². The van der Waals surface area contributed by atoms with E-state index in [1.165, 1.54) is 24.3 Å². The molecule has 0 fully saturated rings. The van der Waals surface area contributed by atoms with Gasteiger partial charge < -0.3 is 5.32 Å². The van der Waals surface area contributed by atoms with Crippen molar-refractivity contribution in [2.24, 2.45) is 0 Å². The fourth-order valence-corrected chi connectivity index (χ4v) is 3.66. The molecule has 4 nitrogen and oxygen atoms in total. The lowest BCUT2D eigenvalue weighted by atomic mass is 10.1. The van der Waals surface area contributed by atoms with Crippen molar-refractivity contribution in [1.29, 1.82) is 5.26 Å².